The highest BCUT2D eigenvalue weighted by atomic mass is 16.5. The van der Waals surface area contributed by atoms with Crippen LogP contribution in [0, 0.1) is 5.92 Å². The van der Waals surface area contributed by atoms with Crippen molar-refractivity contribution in [2.45, 2.75) is 31.8 Å². The molecule has 17 heavy (non-hydrogen) atoms. The van der Waals surface area contributed by atoms with E-state index < -0.39 is 0 Å². The topological polar surface area (TPSA) is 38.3 Å². The molecule has 0 spiro atoms. The van der Waals surface area contributed by atoms with Crippen LogP contribution < -0.4 is 5.32 Å². The van der Waals surface area contributed by atoms with Crippen molar-refractivity contribution in [1.29, 1.82) is 0 Å². The molecule has 3 nitrogen and oxygen atoms in total. The quantitative estimate of drug-likeness (QED) is 0.809. The zero-order valence-corrected chi connectivity index (χ0v) is 10.2. The monoisotopic (exact) mass is 233 g/mol. The van der Waals surface area contributed by atoms with Gasteiger partial charge in [-0.05, 0) is 24.8 Å². The summed E-state index contributed by atoms with van der Waals surface area (Å²) in [5, 5.41) is 3.50. The van der Waals surface area contributed by atoms with Gasteiger partial charge in [-0.15, -0.1) is 0 Å². The molecular weight excluding hydrogens is 214 g/mol. The molecule has 0 aromatic heterocycles. The summed E-state index contributed by atoms with van der Waals surface area (Å²) in [6.07, 6.45) is 2.91. The molecule has 1 aromatic rings. The van der Waals surface area contributed by atoms with Crippen molar-refractivity contribution in [2.24, 2.45) is 5.92 Å². The fourth-order valence-electron chi connectivity index (χ4n) is 2.41. The van der Waals surface area contributed by atoms with E-state index in [9.17, 15) is 4.79 Å². The van der Waals surface area contributed by atoms with Crippen LogP contribution in [0.15, 0.2) is 30.3 Å². The first-order valence-corrected chi connectivity index (χ1v) is 6.14. The van der Waals surface area contributed by atoms with Gasteiger partial charge in [0.25, 0.3) is 0 Å². The van der Waals surface area contributed by atoms with Crippen molar-refractivity contribution in [3.05, 3.63) is 35.9 Å². The minimum Gasteiger partial charge on any atom is -0.469 e. The number of ether oxygens (including phenoxy) is 1. The van der Waals surface area contributed by atoms with Crippen LogP contribution in [-0.4, -0.2) is 19.1 Å². The maximum absolute atomic E-state index is 11.4. The highest BCUT2D eigenvalue weighted by Crippen LogP contribution is 2.26. The lowest BCUT2D eigenvalue weighted by Crippen LogP contribution is -2.26. The molecule has 1 N–H and O–H groups in total. The van der Waals surface area contributed by atoms with Crippen molar-refractivity contribution < 1.29 is 9.53 Å². The van der Waals surface area contributed by atoms with Gasteiger partial charge in [-0.3, -0.25) is 4.79 Å². The first kappa shape index (κ1) is 12.1. The third kappa shape index (κ3) is 3.30. The van der Waals surface area contributed by atoms with E-state index in [0.29, 0.717) is 6.04 Å². The average Bonchev–Trinajstić information content (AvgIpc) is 2.85. The van der Waals surface area contributed by atoms with Crippen LogP contribution in [-0.2, 0) is 16.1 Å². The largest absolute Gasteiger partial charge is 0.469 e. The number of carbonyl (C=O) groups is 1. The van der Waals surface area contributed by atoms with E-state index in [1.807, 2.05) is 18.2 Å². The van der Waals surface area contributed by atoms with Gasteiger partial charge in [-0.1, -0.05) is 30.3 Å². The number of nitrogens with one attached hydrogen (secondary N) is 1. The first-order chi connectivity index (χ1) is 8.29. The Morgan fingerprint density at radius 1 is 1.35 bits per heavy atom. The van der Waals surface area contributed by atoms with Gasteiger partial charge in [0.1, 0.15) is 0 Å². The summed E-state index contributed by atoms with van der Waals surface area (Å²) in [5.41, 5.74) is 1.29. The molecule has 1 unspecified atom stereocenters. The van der Waals surface area contributed by atoms with Crippen LogP contribution in [0.2, 0.25) is 0 Å². The Hall–Kier alpha value is -1.35. The molecule has 92 valence electrons. The smallest absolute Gasteiger partial charge is 0.308 e. The highest BCUT2D eigenvalue weighted by molar-refractivity contribution is 5.72. The summed E-state index contributed by atoms with van der Waals surface area (Å²) < 4.78 is 4.78. The maximum atomic E-state index is 11.4. The number of benzene rings is 1. The molecule has 2 atom stereocenters. The number of esters is 1. The molecule has 1 fully saturated rings. The number of hydrogen-bond donors (Lipinski definition) is 1. The van der Waals surface area contributed by atoms with Crippen molar-refractivity contribution in [3.63, 3.8) is 0 Å². The molecule has 0 radical (unpaired) electrons. The standard InChI is InChI=1S/C14H19NO2/c1-17-14(16)12-7-8-13(9-12)15-10-11-5-3-2-4-6-11/h2-6,12-13,15H,7-10H2,1H3/t12-,13?/m0/s1. The molecule has 0 saturated heterocycles. The number of carbonyl (C=O) groups excluding carboxylic acids is 1. The van der Waals surface area contributed by atoms with Gasteiger partial charge in [0.15, 0.2) is 0 Å². The second kappa shape index (κ2) is 5.82. The van der Waals surface area contributed by atoms with Gasteiger partial charge in [-0.25, -0.2) is 0 Å². The number of rotatable bonds is 4. The van der Waals surface area contributed by atoms with Gasteiger partial charge >= 0.3 is 5.97 Å². The van der Waals surface area contributed by atoms with Gasteiger partial charge in [0.2, 0.25) is 0 Å². The predicted molar refractivity (Wildman–Crippen MR) is 66.4 cm³/mol. The molecular formula is C14H19NO2. The molecule has 0 aliphatic heterocycles. The van der Waals surface area contributed by atoms with Crippen LogP contribution in [0.5, 0.6) is 0 Å². The Balaban J connectivity index is 1.77. The van der Waals surface area contributed by atoms with Crippen LogP contribution in [0.4, 0.5) is 0 Å². The van der Waals surface area contributed by atoms with Crippen molar-refractivity contribution in [2.75, 3.05) is 7.11 Å². The summed E-state index contributed by atoms with van der Waals surface area (Å²) in [7, 11) is 1.47. The third-order valence-electron chi connectivity index (χ3n) is 3.40. The third-order valence-corrected chi connectivity index (χ3v) is 3.40. The molecule has 0 bridgehead atoms. The normalized spacial score (nSPS) is 23.6. The molecule has 1 aliphatic carbocycles. The van der Waals surface area contributed by atoms with Crippen LogP contribution >= 0.6 is 0 Å². The van der Waals surface area contributed by atoms with Crippen molar-refractivity contribution >= 4 is 5.97 Å². The highest BCUT2D eigenvalue weighted by Gasteiger charge is 2.30. The second-order valence-corrected chi connectivity index (χ2v) is 4.60. The lowest BCUT2D eigenvalue weighted by Gasteiger charge is -2.12. The van der Waals surface area contributed by atoms with E-state index in [1.165, 1.54) is 12.7 Å². The second-order valence-electron chi connectivity index (χ2n) is 4.60. The summed E-state index contributed by atoms with van der Waals surface area (Å²) in [6.45, 7) is 0.874. The molecule has 0 amide bonds. The molecule has 1 aromatic carbocycles. The number of hydrogen-bond acceptors (Lipinski definition) is 3. The maximum Gasteiger partial charge on any atom is 0.308 e. The van der Waals surface area contributed by atoms with Crippen molar-refractivity contribution in [3.8, 4) is 0 Å². The lowest BCUT2D eigenvalue weighted by molar-refractivity contribution is -0.145. The fourth-order valence-corrected chi connectivity index (χ4v) is 2.41. The van der Waals surface area contributed by atoms with E-state index in [0.717, 1.165) is 25.8 Å². The Kier molecular flexibility index (Phi) is 4.15. The minimum atomic E-state index is -0.0611. The fraction of sp³-hybridized carbons (Fsp3) is 0.500. The van der Waals surface area contributed by atoms with E-state index >= 15 is 0 Å². The van der Waals surface area contributed by atoms with E-state index in [4.69, 9.17) is 4.74 Å². The van der Waals surface area contributed by atoms with Gasteiger partial charge in [0.05, 0.1) is 13.0 Å². The van der Waals surface area contributed by atoms with Crippen LogP contribution in [0.3, 0.4) is 0 Å². The summed E-state index contributed by atoms with van der Waals surface area (Å²) in [6, 6.07) is 10.8. The Bertz CT molecular complexity index is 364. The molecule has 1 aliphatic rings. The average molecular weight is 233 g/mol. The minimum absolute atomic E-state index is 0.0611. The van der Waals surface area contributed by atoms with E-state index in [1.54, 1.807) is 0 Å². The Morgan fingerprint density at radius 2 is 2.12 bits per heavy atom. The molecule has 2 rings (SSSR count). The lowest BCUT2D eigenvalue weighted by atomic mass is 10.1. The van der Waals surface area contributed by atoms with Crippen molar-refractivity contribution in [1.82, 2.24) is 5.32 Å². The zero-order valence-electron chi connectivity index (χ0n) is 10.2. The van der Waals surface area contributed by atoms with Gasteiger partial charge in [0, 0.05) is 12.6 Å². The molecule has 0 heterocycles. The van der Waals surface area contributed by atoms with E-state index in [-0.39, 0.29) is 11.9 Å². The molecule has 3 heteroatoms. The van der Waals surface area contributed by atoms with Gasteiger partial charge < -0.3 is 10.1 Å². The van der Waals surface area contributed by atoms with Crippen LogP contribution in [0.25, 0.3) is 0 Å². The summed E-state index contributed by atoms with van der Waals surface area (Å²) >= 11 is 0. The SMILES string of the molecule is COC(=O)[C@H]1CCC(NCc2ccccc2)C1. The molecule has 1 saturated carbocycles. The number of methoxy groups -OCH3 is 1. The van der Waals surface area contributed by atoms with Gasteiger partial charge in [-0.2, -0.15) is 0 Å². The summed E-state index contributed by atoms with van der Waals surface area (Å²) in [5.74, 6) is 0.0299. The van der Waals surface area contributed by atoms with Crippen LogP contribution in [0.1, 0.15) is 24.8 Å². The first-order valence-electron chi connectivity index (χ1n) is 6.14. The van der Waals surface area contributed by atoms with E-state index in [2.05, 4.69) is 17.4 Å². The summed E-state index contributed by atoms with van der Waals surface area (Å²) in [4.78, 5) is 11.4. The zero-order chi connectivity index (χ0) is 12.1. The Labute approximate surface area is 102 Å². The Morgan fingerprint density at radius 3 is 2.82 bits per heavy atom. The predicted octanol–water partition coefficient (Wildman–Crippen LogP) is 2.12.